The molecule has 0 aromatic heterocycles. The molecule has 0 saturated heterocycles. The SMILES string of the molecule is CCn1cc(C(=O)Nc2ccc(NC(C)=O)cc2)c2nn(-c3ccccc3)c(=O)c-2c1. The van der Waals surface area contributed by atoms with Crippen molar-refractivity contribution in [2.45, 2.75) is 20.4 Å². The van der Waals surface area contributed by atoms with Gasteiger partial charge in [0, 0.05) is 37.2 Å². The van der Waals surface area contributed by atoms with E-state index in [4.69, 9.17) is 0 Å². The first-order chi connectivity index (χ1) is 15.0. The highest BCUT2D eigenvalue weighted by molar-refractivity contribution is 6.08. The largest absolute Gasteiger partial charge is 0.353 e. The summed E-state index contributed by atoms with van der Waals surface area (Å²) < 4.78 is 3.10. The normalized spacial score (nSPS) is 10.8. The summed E-state index contributed by atoms with van der Waals surface area (Å²) in [5, 5.41) is 9.96. The van der Waals surface area contributed by atoms with Crippen molar-refractivity contribution in [2.24, 2.45) is 0 Å². The van der Waals surface area contributed by atoms with Crippen molar-refractivity contribution >= 4 is 23.2 Å². The first-order valence-corrected chi connectivity index (χ1v) is 9.83. The lowest BCUT2D eigenvalue weighted by atomic mass is 10.1. The fourth-order valence-corrected chi connectivity index (χ4v) is 3.29. The number of amides is 2. The van der Waals surface area contributed by atoms with Gasteiger partial charge < -0.3 is 15.2 Å². The van der Waals surface area contributed by atoms with Crippen LogP contribution in [0.1, 0.15) is 24.2 Å². The van der Waals surface area contributed by atoms with Crippen LogP contribution in [0.4, 0.5) is 11.4 Å². The fraction of sp³-hybridized carbons (Fsp3) is 0.130. The number of nitrogens with one attached hydrogen (secondary N) is 2. The van der Waals surface area contributed by atoms with Crippen LogP contribution >= 0.6 is 0 Å². The molecular formula is C23H21N5O3. The Hall–Kier alpha value is -4.20. The Bertz CT molecular complexity index is 1270. The van der Waals surface area contributed by atoms with Gasteiger partial charge in [-0.3, -0.25) is 14.4 Å². The monoisotopic (exact) mass is 415 g/mol. The number of para-hydroxylation sites is 1. The van der Waals surface area contributed by atoms with Crippen LogP contribution in [-0.4, -0.2) is 26.2 Å². The minimum atomic E-state index is -0.377. The minimum Gasteiger partial charge on any atom is -0.353 e. The van der Waals surface area contributed by atoms with Crippen LogP contribution in [0.15, 0.2) is 71.8 Å². The van der Waals surface area contributed by atoms with Crippen molar-refractivity contribution in [2.75, 3.05) is 10.6 Å². The van der Waals surface area contributed by atoms with Gasteiger partial charge in [0.05, 0.1) is 16.8 Å². The smallest absolute Gasteiger partial charge is 0.282 e. The predicted octanol–water partition coefficient (Wildman–Crippen LogP) is 3.37. The Morgan fingerprint density at radius 2 is 1.58 bits per heavy atom. The third-order valence-corrected chi connectivity index (χ3v) is 4.80. The summed E-state index contributed by atoms with van der Waals surface area (Å²) >= 11 is 0. The molecule has 8 nitrogen and oxygen atoms in total. The zero-order valence-electron chi connectivity index (χ0n) is 17.1. The molecule has 0 fully saturated rings. The number of fused-ring (bicyclic) bond motifs is 1. The van der Waals surface area contributed by atoms with E-state index in [1.54, 1.807) is 53.4 Å². The average Bonchev–Trinajstić information content (AvgIpc) is 3.11. The molecule has 0 spiro atoms. The summed E-state index contributed by atoms with van der Waals surface area (Å²) in [6.07, 6.45) is 3.40. The highest BCUT2D eigenvalue weighted by Gasteiger charge is 2.24. The lowest BCUT2D eigenvalue weighted by Crippen LogP contribution is -2.17. The van der Waals surface area contributed by atoms with Gasteiger partial charge in [-0.15, -0.1) is 0 Å². The molecular weight excluding hydrogens is 394 g/mol. The lowest BCUT2D eigenvalue weighted by Gasteiger charge is -2.12. The van der Waals surface area contributed by atoms with Gasteiger partial charge in [0.25, 0.3) is 11.5 Å². The van der Waals surface area contributed by atoms with E-state index < -0.39 is 0 Å². The summed E-state index contributed by atoms with van der Waals surface area (Å²) in [6.45, 7) is 3.95. The van der Waals surface area contributed by atoms with Gasteiger partial charge >= 0.3 is 0 Å². The molecule has 2 aliphatic heterocycles. The van der Waals surface area contributed by atoms with Gasteiger partial charge in [-0.05, 0) is 43.3 Å². The molecule has 2 amide bonds. The summed E-state index contributed by atoms with van der Waals surface area (Å²) in [5.74, 6) is -0.548. The number of rotatable bonds is 5. The molecule has 0 radical (unpaired) electrons. The van der Waals surface area contributed by atoms with Gasteiger partial charge in [0.1, 0.15) is 5.69 Å². The molecule has 2 aromatic carbocycles. The summed E-state index contributed by atoms with van der Waals surface area (Å²) in [6, 6.07) is 15.9. The van der Waals surface area contributed by atoms with E-state index >= 15 is 0 Å². The summed E-state index contributed by atoms with van der Waals surface area (Å²) in [4.78, 5) is 37.2. The molecule has 0 saturated carbocycles. The first-order valence-electron chi connectivity index (χ1n) is 9.83. The number of carbonyl (C=O) groups is 2. The third-order valence-electron chi connectivity index (χ3n) is 4.80. The van der Waals surface area contributed by atoms with E-state index in [0.717, 1.165) is 0 Å². The Kier molecular flexibility index (Phi) is 5.36. The van der Waals surface area contributed by atoms with E-state index in [2.05, 4.69) is 15.7 Å². The van der Waals surface area contributed by atoms with E-state index in [-0.39, 0.29) is 17.4 Å². The quantitative estimate of drug-likeness (QED) is 0.522. The molecule has 2 heterocycles. The molecule has 4 rings (SSSR count). The molecule has 0 aliphatic carbocycles. The maximum Gasteiger partial charge on any atom is 0.282 e. The summed E-state index contributed by atoms with van der Waals surface area (Å²) in [7, 11) is 0. The molecule has 0 unspecified atom stereocenters. The first kappa shape index (κ1) is 20.1. The number of benzene rings is 2. The highest BCUT2D eigenvalue weighted by Crippen LogP contribution is 2.24. The number of carbonyl (C=O) groups excluding carboxylic acids is 2. The molecule has 0 bridgehead atoms. The molecule has 2 N–H and O–H groups in total. The van der Waals surface area contributed by atoms with Crippen LogP contribution in [-0.2, 0) is 11.3 Å². The Balaban J connectivity index is 1.71. The number of hydrogen-bond acceptors (Lipinski definition) is 4. The van der Waals surface area contributed by atoms with Crippen LogP contribution in [0.2, 0.25) is 0 Å². The van der Waals surface area contributed by atoms with Gasteiger partial charge in [-0.2, -0.15) is 9.78 Å². The van der Waals surface area contributed by atoms with Crippen molar-refractivity contribution < 1.29 is 9.59 Å². The van der Waals surface area contributed by atoms with Gasteiger partial charge in [0.15, 0.2) is 0 Å². The standard InChI is InChI=1S/C23H21N5O3/c1-3-27-13-19(22(30)25-17-11-9-16(10-12-17)24-15(2)29)21-20(14-27)23(31)28(26-21)18-7-5-4-6-8-18/h4-14H,3H2,1-2H3,(H,24,29)(H,25,30). The fourth-order valence-electron chi connectivity index (χ4n) is 3.29. The second kappa shape index (κ2) is 8.27. The second-order valence-electron chi connectivity index (χ2n) is 7.03. The van der Waals surface area contributed by atoms with Crippen LogP contribution in [0.5, 0.6) is 0 Å². The van der Waals surface area contributed by atoms with Crippen LogP contribution in [0, 0.1) is 0 Å². The van der Waals surface area contributed by atoms with Crippen LogP contribution < -0.4 is 16.2 Å². The molecule has 0 atom stereocenters. The average molecular weight is 415 g/mol. The molecule has 8 heteroatoms. The Labute approximate surface area is 178 Å². The number of aromatic nitrogens is 3. The number of hydrogen-bond donors (Lipinski definition) is 2. The maximum atomic E-state index is 13.1. The van der Waals surface area contributed by atoms with Gasteiger partial charge in [0.2, 0.25) is 5.91 Å². The Morgan fingerprint density at radius 1 is 0.935 bits per heavy atom. The van der Waals surface area contributed by atoms with Crippen molar-refractivity contribution in [3.05, 3.63) is 82.9 Å². The van der Waals surface area contributed by atoms with Crippen LogP contribution in [0.3, 0.4) is 0 Å². The molecule has 2 aliphatic rings. The zero-order chi connectivity index (χ0) is 22.0. The van der Waals surface area contributed by atoms with Crippen molar-refractivity contribution in [1.82, 2.24) is 14.3 Å². The maximum absolute atomic E-state index is 13.1. The third kappa shape index (κ3) is 4.09. The summed E-state index contributed by atoms with van der Waals surface area (Å²) in [5.41, 5.74) is 2.56. The zero-order valence-corrected chi connectivity index (χ0v) is 17.1. The van der Waals surface area contributed by atoms with E-state index in [1.165, 1.54) is 11.6 Å². The van der Waals surface area contributed by atoms with Crippen molar-refractivity contribution in [1.29, 1.82) is 0 Å². The lowest BCUT2D eigenvalue weighted by molar-refractivity contribution is -0.114. The number of pyridine rings is 1. The van der Waals surface area contributed by atoms with Gasteiger partial charge in [-0.25, -0.2) is 0 Å². The van der Waals surface area contributed by atoms with Crippen molar-refractivity contribution in [3.63, 3.8) is 0 Å². The number of aryl methyl sites for hydroxylation is 1. The van der Waals surface area contributed by atoms with E-state index in [9.17, 15) is 14.4 Å². The van der Waals surface area contributed by atoms with Gasteiger partial charge in [-0.1, -0.05) is 18.2 Å². The molecule has 31 heavy (non-hydrogen) atoms. The second-order valence-corrected chi connectivity index (χ2v) is 7.03. The Morgan fingerprint density at radius 3 is 2.19 bits per heavy atom. The number of anilines is 2. The predicted molar refractivity (Wildman–Crippen MR) is 119 cm³/mol. The van der Waals surface area contributed by atoms with E-state index in [1.807, 2.05) is 25.1 Å². The van der Waals surface area contributed by atoms with E-state index in [0.29, 0.717) is 40.4 Å². The number of nitrogens with zero attached hydrogens (tertiary/aromatic N) is 3. The minimum absolute atomic E-state index is 0.171. The topological polar surface area (TPSA) is 98.0 Å². The van der Waals surface area contributed by atoms with Crippen molar-refractivity contribution in [3.8, 4) is 16.9 Å². The highest BCUT2D eigenvalue weighted by atomic mass is 16.2. The molecule has 2 aromatic rings. The molecule has 156 valence electrons. The van der Waals surface area contributed by atoms with Crippen LogP contribution in [0.25, 0.3) is 16.9 Å².